The van der Waals surface area contributed by atoms with Gasteiger partial charge in [0.05, 0.1) is 27.9 Å². The fourth-order valence-electron chi connectivity index (χ4n) is 3.12. The summed E-state index contributed by atoms with van der Waals surface area (Å²) in [5.41, 5.74) is -1.82. The Balaban J connectivity index is 2.04. The number of nitrogens with one attached hydrogen (secondary N) is 2. The van der Waals surface area contributed by atoms with Gasteiger partial charge in [0.25, 0.3) is 11.5 Å². The maximum absolute atomic E-state index is 13.1. The number of nitrogens with zero attached hydrogens (tertiary/aromatic N) is 3. The van der Waals surface area contributed by atoms with Crippen LogP contribution in [-0.4, -0.2) is 34.5 Å². The van der Waals surface area contributed by atoms with Gasteiger partial charge in [-0.3, -0.25) is 19.1 Å². The van der Waals surface area contributed by atoms with Gasteiger partial charge in [-0.05, 0) is 30.7 Å². The van der Waals surface area contributed by atoms with Crippen molar-refractivity contribution in [2.24, 2.45) is 0 Å². The van der Waals surface area contributed by atoms with Crippen LogP contribution in [0, 0.1) is 0 Å². The van der Waals surface area contributed by atoms with Crippen molar-refractivity contribution < 1.29 is 18.0 Å². The minimum atomic E-state index is -4.58. The molecule has 8 nitrogen and oxygen atoms in total. The molecule has 0 saturated heterocycles. The minimum absolute atomic E-state index is 0.0255. The number of hydrogen-bond donors (Lipinski definition) is 2. The van der Waals surface area contributed by atoms with Crippen molar-refractivity contribution >= 4 is 28.3 Å². The molecule has 0 spiro atoms. The van der Waals surface area contributed by atoms with E-state index < -0.39 is 28.9 Å². The summed E-state index contributed by atoms with van der Waals surface area (Å²) in [7, 11) is 3.25. The molecular weight excluding hydrogens is 415 g/mol. The molecule has 2 heterocycles. The maximum atomic E-state index is 13.1. The van der Waals surface area contributed by atoms with Gasteiger partial charge in [0.1, 0.15) is 5.65 Å². The summed E-state index contributed by atoms with van der Waals surface area (Å²) in [6.07, 6.45) is -2.79. The van der Waals surface area contributed by atoms with Gasteiger partial charge < -0.3 is 10.2 Å². The largest absolute Gasteiger partial charge is 0.416 e. The predicted molar refractivity (Wildman–Crippen MR) is 111 cm³/mol. The van der Waals surface area contributed by atoms with E-state index in [0.29, 0.717) is 18.7 Å². The molecular formula is C20H20F3N5O3. The molecule has 2 aromatic heterocycles. The molecule has 11 heteroatoms. The van der Waals surface area contributed by atoms with Crippen LogP contribution in [0.4, 0.5) is 24.5 Å². The average Bonchev–Trinajstić information content (AvgIpc) is 2.69. The highest BCUT2D eigenvalue weighted by Crippen LogP contribution is 2.35. The standard InChI is InChI=1S/C20H20F3N5O3/c1-4-7-28-16-13(18(30)26-19(28)31)8-11(10-24-16)17(29)25-14-9-12(20(21,22)23)5-6-15(14)27(2)3/h5-6,8-10H,4,7H2,1-3H3,(H,25,29)(H,26,30,31). The van der Waals surface area contributed by atoms with Gasteiger partial charge in [0, 0.05) is 26.8 Å². The van der Waals surface area contributed by atoms with Crippen LogP contribution in [0.2, 0.25) is 0 Å². The molecule has 1 amide bonds. The number of pyridine rings is 1. The number of aryl methyl sites for hydroxylation is 1. The van der Waals surface area contributed by atoms with E-state index >= 15 is 0 Å². The first-order valence-corrected chi connectivity index (χ1v) is 9.35. The summed E-state index contributed by atoms with van der Waals surface area (Å²) in [5.74, 6) is -0.746. The lowest BCUT2D eigenvalue weighted by Gasteiger charge is -2.20. The number of anilines is 2. The monoisotopic (exact) mass is 435 g/mol. The number of aromatic amines is 1. The SMILES string of the molecule is CCCn1c(=O)[nH]c(=O)c2cc(C(=O)Nc3cc(C(F)(F)F)ccc3N(C)C)cnc21. The molecule has 0 fully saturated rings. The van der Waals surface area contributed by atoms with Crippen LogP contribution in [0.25, 0.3) is 11.0 Å². The molecule has 164 valence electrons. The van der Waals surface area contributed by atoms with Crippen molar-refractivity contribution in [1.82, 2.24) is 14.5 Å². The van der Waals surface area contributed by atoms with Crippen molar-refractivity contribution in [2.75, 3.05) is 24.3 Å². The molecule has 0 aliphatic heterocycles. The second kappa shape index (κ2) is 8.25. The Labute approximate surface area is 174 Å². The molecule has 31 heavy (non-hydrogen) atoms. The molecule has 3 rings (SSSR count). The van der Waals surface area contributed by atoms with Crippen LogP contribution in [0.1, 0.15) is 29.3 Å². The summed E-state index contributed by atoms with van der Waals surface area (Å²) >= 11 is 0. The number of carbonyl (C=O) groups is 1. The van der Waals surface area contributed by atoms with E-state index in [4.69, 9.17) is 0 Å². The molecule has 0 aliphatic rings. The van der Waals surface area contributed by atoms with Crippen LogP contribution in [0.15, 0.2) is 40.1 Å². The van der Waals surface area contributed by atoms with Gasteiger partial charge in [0.2, 0.25) is 0 Å². The summed E-state index contributed by atoms with van der Waals surface area (Å²) in [4.78, 5) is 44.8. The van der Waals surface area contributed by atoms with Gasteiger partial charge in [-0.15, -0.1) is 0 Å². The second-order valence-electron chi connectivity index (χ2n) is 7.08. The molecule has 0 aliphatic carbocycles. The molecule has 0 bridgehead atoms. The van der Waals surface area contributed by atoms with Crippen LogP contribution in [-0.2, 0) is 12.7 Å². The number of fused-ring (bicyclic) bond motifs is 1. The lowest BCUT2D eigenvalue weighted by atomic mass is 10.1. The first kappa shape index (κ1) is 22.1. The Morgan fingerprint density at radius 1 is 1.23 bits per heavy atom. The fourth-order valence-corrected chi connectivity index (χ4v) is 3.12. The third kappa shape index (κ3) is 4.44. The molecule has 0 unspecified atom stereocenters. The number of aromatic nitrogens is 3. The number of alkyl halides is 3. The Morgan fingerprint density at radius 2 is 1.94 bits per heavy atom. The van der Waals surface area contributed by atoms with Gasteiger partial charge >= 0.3 is 11.9 Å². The third-order valence-corrected chi connectivity index (χ3v) is 4.60. The Bertz CT molecular complexity index is 1260. The van der Waals surface area contributed by atoms with E-state index in [1.165, 1.54) is 22.9 Å². The Kier molecular flexibility index (Phi) is 5.87. The van der Waals surface area contributed by atoms with Crippen molar-refractivity contribution in [3.8, 4) is 0 Å². The normalized spacial score (nSPS) is 11.5. The van der Waals surface area contributed by atoms with Gasteiger partial charge in [-0.1, -0.05) is 6.92 Å². The van der Waals surface area contributed by atoms with Crippen molar-refractivity contribution in [1.29, 1.82) is 0 Å². The predicted octanol–water partition coefficient (Wildman–Crippen LogP) is 2.83. The van der Waals surface area contributed by atoms with E-state index in [9.17, 15) is 27.6 Å². The van der Waals surface area contributed by atoms with Crippen LogP contribution in [0.5, 0.6) is 0 Å². The number of halogens is 3. The molecule has 0 radical (unpaired) electrons. The van der Waals surface area contributed by atoms with E-state index in [0.717, 1.165) is 12.1 Å². The van der Waals surface area contributed by atoms with Gasteiger partial charge in [0.15, 0.2) is 0 Å². The number of hydrogen-bond acceptors (Lipinski definition) is 5. The van der Waals surface area contributed by atoms with E-state index in [1.54, 1.807) is 19.0 Å². The van der Waals surface area contributed by atoms with Crippen molar-refractivity contribution in [2.45, 2.75) is 26.1 Å². The highest BCUT2D eigenvalue weighted by Gasteiger charge is 2.31. The molecule has 0 atom stereocenters. The van der Waals surface area contributed by atoms with Gasteiger partial charge in [-0.25, -0.2) is 9.78 Å². The summed E-state index contributed by atoms with van der Waals surface area (Å²) in [6.45, 7) is 2.17. The minimum Gasteiger partial charge on any atom is -0.376 e. The molecule has 1 aromatic carbocycles. The molecule has 3 aromatic rings. The molecule has 2 N–H and O–H groups in total. The zero-order chi connectivity index (χ0) is 22.9. The second-order valence-corrected chi connectivity index (χ2v) is 7.08. The van der Waals surface area contributed by atoms with E-state index in [2.05, 4.69) is 15.3 Å². The van der Waals surface area contributed by atoms with Crippen molar-refractivity contribution in [3.05, 3.63) is 62.4 Å². The smallest absolute Gasteiger partial charge is 0.376 e. The number of carbonyl (C=O) groups excluding carboxylic acids is 1. The number of rotatable bonds is 5. The van der Waals surface area contributed by atoms with Crippen LogP contribution < -0.4 is 21.5 Å². The van der Waals surface area contributed by atoms with E-state index in [-0.39, 0.29) is 22.3 Å². The quantitative estimate of drug-likeness (QED) is 0.642. The number of H-pyrrole nitrogens is 1. The summed E-state index contributed by atoms with van der Waals surface area (Å²) < 4.78 is 40.6. The zero-order valence-electron chi connectivity index (χ0n) is 17.0. The van der Waals surface area contributed by atoms with E-state index in [1.807, 2.05) is 6.92 Å². The Hall–Kier alpha value is -3.63. The van der Waals surface area contributed by atoms with Crippen LogP contribution in [0.3, 0.4) is 0 Å². The zero-order valence-corrected chi connectivity index (χ0v) is 17.0. The topological polar surface area (TPSA) is 100 Å². The summed E-state index contributed by atoms with van der Waals surface area (Å²) in [5, 5.41) is 2.48. The fraction of sp³-hybridized carbons (Fsp3) is 0.300. The summed E-state index contributed by atoms with van der Waals surface area (Å²) in [6, 6.07) is 4.28. The first-order valence-electron chi connectivity index (χ1n) is 9.35. The highest BCUT2D eigenvalue weighted by atomic mass is 19.4. The average molecular weight is 435 g/mol. The Morgan fingerprint density at radius 3 is 2.55 bits per heavy atom. The van der Waals surface area contributed by atoms with Gasteiger partial charge in [-0.2, -0.15) is 13.2 Å². The first-order chi connectivity index (χ1) is 14.5. The molecule has 0 saturated carbocycles. The lowest BCUT2D eigenvalue weighted by Crippen LogP contribution is -2.31. The number of benzene rings is 1. The highest BCUT2D eigenvalue weighted by molar-refractivity contribution is 6.07. The lowest BCUT2D eigenvalue weighted by molar-refractivity contribution is -0.137. The van der Waals surface area contributed by atoms with Crippen LogP contribution >= 0.6 is 0 Å². The number of amides is 1. The van der Waals surface area contributed by atoms with Crippen molar-refractivity contribution in [3.63, 3.8) is 0 Å². The maximum Gasteiger partial charge on any atom is 0.416 e. The third-order valence-electron chi connectivity index (χ3n) is 4.60.